The maximum atomic E-state index is 13.6. The summed E-state index contributed by atoms with van der Waals surface area (Å²) in [6, 6.07) is 15.6. The maximum Gasteiger partial charge on any atom is 0.262 e. The van der Waals surface area contributed by atoms with Crippen molar-refractivity contribution in [2.24, 2.45) is 0 Å². The first-order valence-corrected chi connectivity index (χ1v) is 9.04. The van der Waals surface area contributed by atoms with Crippen LogP contribution in [-0.2, 0) is 11.4 Å². The van der Waals surface area contributed by atoms with Crippen molar-refractivity contribution in [1.29, 1.82) is 5.26 Å². The van der Waals surface area contributed by atoms with E-state index < -0.39 is 0 Å². The van der Waals surface area contributed by atoms with Crippen LogP contribution >= 0.6 is 0 Å². The van der Waals surface area contributed by atoms with Crippen LogP contribution in [0.1, 0.15) is 36.8 Å². The average Bonchev–Trinajstić information content (AvgIpc) is 3.19. The molecule has 4 nitrogen and oxygen atoms in total. The Kier molecular flexibility index (Phi) is 6.22. The highest BCUT2D eigenvalue weighted by molar-refractivity contribution is 6.01. The molecule has 5 heteroatoms. The van der Waals surface area contributed by atoms with E-state index in [1.807, 2.05) is 6.07 Å². The molecule has 1 saturated carbocycles. The summed E-state index contributed by atoms with van der Waals surface area (Å²) in [6.45, 7) is 0.134. The van der Waals surface area contributed by atoms with E-state index in [0.29, 0.717) is 11.3 Å². The molecule has 0 aliphatic heterocycles. The molecule has 1 fully saturated rings. The third-order valence-electron chi connectivity index (χ3n) is 4.60. The average molecular weight is 364 g/mol. The zero-order valence-electron chi connectivity index (χ0n) is 15.0. The van der Waals surface area contributed by atoms with Crippen molar-refractivity contribution in [3.8, 4) is 11.8 Å². The fourth-order valence-electron chi connectivity index (χ4n) is 3.09. The minimum atomic E-state index is -0.329. The summed E-state index contributed by atoms with van der Waals surface area (Å²) in [5, 5.41) is 12.2. The summed E-state index contributed by atoms with van der Waals surface area (Å²) in [5.74, 6) is -0.0439. The van der Waals surface area contributed by atoms with Gasteiger partial charge in [-0.05, 0) is 42.7 Å². The topological polar surface area (TPSA) is 62.1 Å². The van der Waals surface area contributed by atoms with Crippen LogP contribution in [0, 0.1) is 17.1 Å². The Bertz CT molecular complexity index is 863. The molecule has 27 heavy (non-hydrogen) atoms. The minimum absolute atomic E-state index is 0.0851. The second-order valence-corrected chi connectivity index (χ2v) is 6.57. The van der Waals surface area contributed by atoms with Crippen LogP contribution in [0.4, 0.5) is 4.39 Å². The number of amides is 1. The van der Waals surface area contributed by atoms with Crippen molar-refractivity contribution >= 4 is 12.0 Å². The molecule has 0 bridgehead atoms. The summed E-state index contributed by atoms with van der Waals surface area (Å²) in [4.78, 5) is 12.2. The van der Waals surface area contributed by atoms with Gasteiger partial charge in [-0.1, -0.05) is 43.2 Å². The van der Waals surface area contributed by atoms with Gasteiger partial charge >= 0.3 is 0 Å². The highest BCUT2D eigenvalue weighted by Crippen LogP contribution is 2.19. The van der Waals surface area contributed by atoms with Gasteiger partial charge < -0.3 is 10.1 Å². The van der Waals surface area contributed by atoms with Crippen LogP contribution in [0.15, 0.2) is 54.1 Å². The predicted molar refractivity (Wildman–Crippen MR) is 101 cm³/mol. The molecular weight excluding hydrogens is 343 g/mol. The number of carbonyl (C=O) groups is 1. The van der Waals surface area contributed by atoms with Gasteiger partial charge in [0.25, 0.3) is 5.91 Å². The number of hydrogen-bond acceptors (Lipinski definition) is 3. The van der Waals surface area contributed by atoms with Crippen molar-refractivity contribution in [3.05, 3.63) is 71.0 Å². The lowest BCUT2D eigenvalue weighted by Crippen LogP contribution is -2.33. The Morgan fingerprint density at radius 1 is 1.19 bits per heavy atom. The minimum Gasteiger partial charge on any atom is -0.489 e. The molecule has 0 radical (unpaired) electrons. The molecule has 1 N–H and O–H groups in total. The first kappa shape index (κ1) is 18.7. The summed E-state index contributed by atoms with van der Waals surface area (Å²) >= 11 is 0. The lowest BCUT2D eigenvalue weighted by atomic mass is 10.1. The number of rotatable bonds is 6. The summed E-state index contributed by atoms with van der Waals surface area (Å²) in [7, 11) is 0. The van der Waals surface area contributed by atoms with Crippen LogP contribution < -0.4 is 10.1 Å². The third kappa shape index (κ3) is 5.18. The number of halogens is 1. The normalized spacial score (nSPS) is 14.6. The van der Waals surface area contributed by atoms with Gasteiger partial charge in [0.15, 0.2) is 0 Å². The molecule has 138 valence electrons. The molecule has 1 aliphatic carbocycles. The van der Waals surface area contributed by atoms with Crippen molar-refractivity contribution < 1.29 is 13.9 Å². The van der Waals surface area contributed by atoms with Crippen molar-refractivity contribution in [3.63, 3.8) is 0 Å². The van der Waals surface area contributed by atoms with Crippen molar-refractivity contribution in [2.75, 3.05) is 0 Å². The van der Waals surface area contributed by atoms with E-state index in [-0.39, 0.29) is 29.9 Å². The predicted octanol–water partition coefficient (Wildman–Crippen LogP) is 4.37. The Morgan fingerprint density at radius 2 is 1.89 bits per heavy atom. The molecule has 0 spiro atoms. The number of hydrogen-bond donors (Lipinski definition) is 1. The van der Waals surface area contributed by atoms with Gasteiger partial charge in [-0.3, -0.25) is 4.79 Å². The summed E-state index contributed by atoms with van der Waals surface area (Å²) in [6.07, 6.45) is 5.73. The molecule has 0 heterocycles. The number of nitrogens with zero attached hydrogens (tertiary/aromatic N) is 1. The molecule has 0 unspecified atom stereocenters. The van der Waals surface area contributed by atoms with Gasteiger partial charge in [0.05, 0.1) is 0 Å². The van der Waals surface area contributed by atoms with Gasteiger partial charge in [0, 0.05) is 11.6 Å². The molecule has 2 aromatic rings. The van der Waals surface area contributed by atoms with Crippen LogP contribution in [0.5, 0.6) is 5.75 Å². The van der Waals surface area contributed by atoms with E-state index in [2.05, 4.69) is 5.32 Å². The second kappa shape index (κ2) is 9.00. The SMILES string of the molecule is N#C/C(=C/c1ccc(OCc2ccccc2F)cc1)C(=O)NC1CCCC1. The lowest BCUT2D eigenvalue weighted by molar-refractivity contribution is -0.117. The number of ether oxygens (including phenoxy) is 1. The molecular formula is C22H21FN2O2. The van der Waals surface area contributed by atoms with E-state index in [9.17, 15) is 14.4 Å². The highest BCUT2D eigenvalue weighted by Gasteiger charge is 2.19. The zero-order chi connectivity index (χ0) is 19.1. The van der Waals surface area contributed by atoms with E-state index in [4.69, 9.17) is 4.74 Å². The molecule has 1 aliphatic rings. The summed E-state index contributed by atoms with van der Waals surface area (Å²) < 4.78 is 19.2. The fourth-order valence-corrected chi connectivity index (χ4v) is 3.09. The molecule has 0 aromatic heterocycles. The molecule has 3 rings (SSSR count). The number of benzene rings is 2. The quantitative estimate of drug-likeness (QED) is 0.611. The van der Waals surface area contributed by atoms with Gasteiger partial charge in [0.1, 0.15) is 29.8 Å². The first-order chi connectivity index (χ1) is 13.2. The molecule has 2 aromatic carbocycles. The smallest absolute Gasteiger partial charge is 0.262 e. The van der Waals surface area contributed by atoms with E-state index in [1.165, 1.54) is 6.07 Å². The molecule has 1 amide bonds. The molecule has 0 atom stereocenters. The van der Waals surface area contributed by atoms with Gasteiger partial charge in [0.2, 0.25) is 0 Å². The fraction of sp³-hybridized carbons (Fsp3) is 0.273. The Labute approximate surface area is 158 Å². The number of nitrogens with one attached hydrogen (secondary N) is 1. The van der Waals surface area contributed by atoms with Gasteiger partial charge in [-0.15, -0.1) is 0 Å². The second-order valence-electron chi connectivity index (χ2n) is 6.57. The van der Waals surface area contributed by atoms with Crippen LogP contribution in [0.3, 0.4) is 0 Å². The Hall–Kier alpha value is -3.13. The number of carbonyl (C=O) groups excluding carboxylic acids is 1. The van der Waals surface area contributed by atoms with E-state index in [0.717, 1.165) is 31.2 Å². The molecule has 0 saturated heterocycles. The van der Waals surface area contributed by atoms with Gasteiger partial charge in [-0.25, -0.2) is 4.39 Å². The first-order valence-electron chi connectivity index (χ1n) is 9.04. The lowest BCUT2D eigenvalue weighted by Gasteiger charge is -2.11. The van der Waals surface area contributed by atoms with Crippen molar-refractivity contribution in [2.45, 2.75) is 38.3 Å². The number of nitriles is 1. The van der Waals surface area contributed by atoms with E-state index >= 15 is 0 Å². The van der Waals surface area contributed by atoms with Crippen LogP contribution in [0.2, 0.25) is 0 Å². The Morgan fingerprint density at radius 3 is 2.56 bits per heavy atom. The standard InChI is InChI=1S/C22H21FN2O2/c23-21-8-4-1-5-17(21)15-27-20-11-9-16(10-12-20)13-18(14-24)22(26)25-19-6-2-3-7-19/h1,4-5,8-13,19H,2-3,6-7,15H2,(H,25,26)/b18-13-. The largest absolute Gasteiger partial charge is 0.489 e. The summed E-state index contributed by atoms with van der Waals surface area (Å²) in [5.41, 5.74) is 1.30. The van der Waals surface area contributed by atoms with Gasteiger partial charge in [-0.2, -0.15) is 5.26 Å². The van der Waals surface area contributed by atoms with Crippen LogP contribution in [0.25, 0.3) is 6.08 Å². The van der Waals surface area contributed by atoms with Crippen molar-refractivity contribution in [1.82, 2.24) is 5.32 Å². The third-order valence-corrected chi connectivity index (χ3v) is 4.60. The van der Waals surface area contributed by atoms with E-state index in [1.54, 1.807) is 48.5 Å². The Balaban J connectivity index is 1.61. The highest BCUT2D eigenvalue weighted by atomic mass is 19.1. The van der Waals surface area contributed by atoms with Crippen LogP contribution in [-0.4, -0.2) is 11.9 Å². The maximum absolute atomic E-state index is 13.6. The monoisotopic (exact) mass is 364 g/mol. The zero-order valence-corrected chi connectivity index (χ0v) is 15.0.